The first-order valence-corrected chi connectivity index (χ1v) is 44.7. The van der Waals surface area contributed by atoms with E-state index in [0.29, 0.717) is 22.3 Å². The van der Waals surface area contributed by atoms with Gasteiger partial charge in [0, 0.05) is 195 Å². The first-order valence-electron chi connectivity index (χ1n) is 44.7. The third kappa shape index (κ3) is 29.1. The first-order chi connectivity index (χ1) is 62.7. The molecule has 0 unspecified atom stereocenters. The van der Waals surface area contributed by atoms with Crippen LogP contribution >= 0.6 is 0 Å². The van der Waals surface area contributed by atoms with E-state index < -0.39 is 0 Å². The van der Waals surface area contributed by atoms with Gasteiger partial charge in [0.1, 0.15) is 22.3 Å². The predicted octanol–water partition coefficient (Wildman–Crippen LogP) is 20.4. The van der Waals surface area contributed by atoms with Crippen LogP contribution in [0.4, 0.5) is 45.5 Å². The van der Waals surface area contributed by atoms with Gasteiger partial charge in [0.2, 0.25) is 0 Å². The van der Waals surface area contributed by atoms with E-state index in [1.165, 1.54) is 0 Å². The van der Waals surface area contributed by atoms with Crippen molar-refractivity contribution in [2.75, 3.05) is 144 Å². The van der Waals surface area contributed by atoms with Crippen molar-refractivity contribution >= 4 is 45.5 Å². The van der Waals surface area contributed by atoms with Crippen molar-refractivity contribution in [3.05, 3.63) is 283 Å². The van der Waals surface area contributed by atoms with Crippen LogP contribution in [0.5, 0.6) is 0 Å². The molecule has 8 heteroatoms. The predicted molar refractivity (Wildman–Crippen MR) is 545 cm³/mol. The monoisotopic (exact) mass is 1660 g/mol. The Morgan fingerprint density at radius 1 is 0.156 bits per heavy atom. The highest BCUT2D eigenvalue weighted by molar-refractivity contribution is 5.73. The standard InChI is InChI=1S/C120H112N8/c1-17-121(18-2)113-81-57-97(58-82-113)49-73-109(74-50-98-59-83-114(84-60-98)122(19-3)20-4)105-41-33-35-43-106(110(75-51-99-61-85-115(86-62-99)123(21-5)22-6)76-52-100-63-87-116(88-64-100)124(23-7)24-8)45-37-39-47-108(112(79-55-103-69-93-119(94-70-103)127(29-13)30-14)80-56-104-71-95-120(96-72-104)128(31-15)32-16)48-40-38-46-107(44-36-34-42-105)111(77-53-101-65-89-117(90-66-101)125(25-9)26-10)78-54-102-67-91-118(92-68-102)126(27-11)28-12/h57-72,81-96H,17-32H2,1-16H3. The van der Waals surface area contributed by atoms with Gasteiger partial charge in [-0.25, -0.2) is 0 Å². The van der Waals surface area contributed by atoms with Gasteiger partial charge < -0.3 is 39.2 Å². The van der Waals surface area contributed by atoms with Crippen molar-refractivity contribution in [2.24, 2.45) is 0 Å². The van der Waals surface area contributed by atoms with E-state index in [9.17, 15) is 0 Å². The fraction of sp³-hybridized carbons (Fsp3) is 0.267. The second kappa shape index (κ2) is 52.5. The summed E-state index contributed by atoms with van der Waals surface area (Å²) < 4.78 is 0. The lowest BCUT2D eigenvalue weighted by Gasteiger charge is -2.20. The lowest BCUT2D eigenvalue weighted by atomic mass is 10.1. The molecule has 8 nitrogen and oxygen atoms in total. The lowest BCUT2D eigenvalue weighted by molar-refractivity contribution is 0.866. The summed E-state index contributed by atoms with van der Waals surface area (Å²) >= 11 is 0. The Morgan fingerprint density at radius 2 is 0.250 bits per heavy atom. The summed E-state index contributed by atoms with van der Waals surface area (Å²) in [5.74, 6) is 107. The molecule has 0 fully saturated rings. The van der Waals surface area contributed by atoms with E-state index in [1.807, 2.05) is 97.1 Å². The van der Waals surface area contributed by atoms with E-state index in [-0.39, 0.29) is 22.3 Å². The molecule has 0 spiro atoms. The summed E-state index contributed by atoms with van der Waals surface area (Å²) in [5, 5.41) is 0. The minimum absolute atomic E-state index is 0.254. The number of hydrogen-bond acceptors (Lipinski definition) is 8. The van der Waals surface area contributed by atoms with Crippen molar-refractivity contribution in [1.82, 2.24) is 0 Å². The fourth-order valence-corrected chi connectivity index (χ4v) is 13.8. The topological polar surface area (TPSA) is 25.9 Å². The van der Waals surface area contributed by atoms with Crippen molar-refractivity contribution in [3.8, 4) is 189 Å². The average Bonchev–Trinajstić information content (AvgIpc) is 0.879. The van der Waals surface area contributed by atoms with Gasteiger partial charge in [-0.05, 0) is 400 Å². The largest absolute Gasteiger partial charge is 0.372 e. The van der Waals surface area contributed by atoms with E-state index in [4.69, 9.17) is 0 Å². The van der Waals surface area contributed by atoms with Gasteiger partial charge in [-0.3, -0.25) is 0 Å². The first kappa shape index (κ1) is 95.9. The van der Waals surface area contributed by atoms with Crippen LogP contribution in [0.25, 0.3) is 0 Å². The second-order valence-electron chi connectivity index (χ2n) is 28.8. The molecule has 1 aliphatic rings. The Bertz CT molecular complexity index is 5250. The highest BCUT2D eigenvalue weighted by Crippen LogP contribution is 2.24. The van der Waals surface area contributed by atoms with E-state index >= 15 is 0 Å². The van der Waals surface area contributed by atoms with Gasteiger partial charge in [0.25, 0.3) is 0 Å². The van der Waals surface area contributed by atoms with Crippen LogP contribution in [-0.4, -0.2) is 105 Å². The molecule has 8 aromatic carbocycles. The molecule has 0 heterocycles. The zero-order valence-corrected chi connectivity index (χ0v) is 77.4. The fourth-order valence-electron chi connectivity index (χ4n) is 13.8. The summed E-state index contributed by atoms with van der Waals surface area (Å²) in [6, 6.07) is 65.6. The van der Waals surface area contributed by atoms with Gasteiger partial charge in [-0.15, -0.1) is 0 Å². The Morgan fingerprint density at radius 3 is 0.336 bits per heavy atom. The molecule has 0 bridgehead atoms. The minimum atomic E-state index is 0.254. The number of nitrogens with zero attached hydrogens (tertiary/aromatic N) is 8. The van der Waals surface area contributed by atoms with E-state index in [2.05, 4.69) is 436 Å². The van der Waals surface area contributed by atoms with Crippen LogP contribution in [0, 0.1) is 189 Å². The van der Waals surface area contributed by atoms with Crippen LogP contribution in [0.3, 0.4) is 0 Å². The van der Waals surface area contributed by atoms with Gasteiger partial charge >= 0.3 is 0 Å². The highest BCUT2D eigenvalue weighted by atomic mass is 15.1. The zero-order valence-electron chi connectivity index (χ0n) is 77.4. The van der Waals surface area contributed by atoms with Crippen LogP contribution in [-0.2, 0) is 0 Å². The number of anilines is 8. The quantitative estimate of drug-likeness (QED) is 0.0552. The summed E-state index contributed by atoms with van der Waals surface area (Å²) in [6.07, 6.45) is 0. The average molecular weight is 1670 g/mol. The van der Waals surface area contributed by atoms with Gasteiger partial charge in [0.15, 0.2) is 0 Å². The molecule has 8 aromatic rings. The Balaban J connectivity index is 1.44. The Kier molecular flexibility index (Phi) is 39.4. The van der Waals surface area contributed by atoms with Crippen molar-refractivity contribution in [2.45, 2.75) is 111 Å². The minimum Gasteiger partial charge on any atom is -0.372 e. The summed E-state index contributed by atoms with van der Waals surface area (Å²) in [4.78, 5) is 18.3. The number of benzene rings is 8. The summed E-state index contributed by atoms with van der Waals surface area (Å²) in [5.41, 5.74) is 17.2. The molecule has 632 valence electrons. The molecule has 0 aromatic heterocycles. The van der Waals surface area contributed by atoms with Crippen LogP contribution < -0.4 is 39.2 Å². The van der Waals surface area contributed by atoms with E-state index in [0.717, 1.165) is 195 Å². The third-order valence-corrected chi connectivity index (χ3v) is 21.4. The normalized spacial score (nSPS) is 10.4. The zero-order chi connectivity index (χ0) is 91.0. The smallest absolute Gasteiger partial charge is 0.101 e. The van der Waals surface area contributed by atoms with Gasteiger partial charge in [-0.2, -0.15) is 0 Å². The van der Waals surface area contributed by atoms with Crippen LogP contribution in [0.2, 0.25) is 0 Å². The van der Waals surface area contributed by atoms with Gasteiger partial charge in [-0.1, -0.05) is 94.7 Å². The molecular formula is C120H112N8. The molecule has 0 aliphatic heterocycles. The molecule has 0 radical (unpaired) electrons. The molecular weight excluding hydrogens is 1550 g/mol. The Hall–Kier alpha value is -15.9. The number of rotatable bonds is 24. The van der Waals surface area contributed by atoms with Crippen molar-refractivity contribution < 1.29 is 0 Å². The molecule has 0 saturated carbocycles. The molecule has 0 amide bonds. The molecule has 0 atom stereocenters. The molecule has 1 aliphatic carbocycles. The molecule has 0 saturated heterocycles. The summed E-state index contributed by atoms with van der Waals surface area (Å²) in [6.45, 7) is 48.1. The summed E-state index contributed by atoms with van der Waals surface area (Å²) in [7, 11) is 0. The van der Waals surface area contributed by atoms with Crippen LogP contribution in [0.15, 0.2) is 239 Å². The van der Waals surface area contributed by atoms with Crippen molar-refractivity contribution in [3.63, 3.8) is 0 Å². The maximum absolute atomic E-state index is 3.42. The van der Waals surface area contributed by atoms with Crippen LogP contribution in [0.1, 0.15) is 155 Å². The van der Waals surface area contributed by atoms with Crippen molar-refractivity contribution in [1.29, 1.82) is 0 Å². The SMILES string of the molecule is CCN(CC)c1ccc(C#CC(C#Cc2ccc(N(CC)CC)cc2)=C2C#CC#CC(=C(C#Cc3ccc(N(CC)CC)cc3)C#Cc3ccc(N(CC)CC)cc3)C#CC#CC(=C(C#Cc3ccc(N(CC)CC)cc3)C#Cc3ccc(N(CC)CC)cc3)C#CC#CC(=C(C#Cc3ccc(N(CC)CC)cc3)C#Cc3ccc(N(CC)CC)cc3)C#CC#C2)cc1. The Labute approximate surface area is 767 Å². The maximum Gasteiger partial charge on any atom is 0.101 e. The number of allylic oxidation sites excluding steroid dienone is 8. The highest BCUT2D eigenvalue weighted by Gasteiger charge is 2.11. The third-order valence-electron chi connectivity index (χ3n) is 21.4. The van der Waals surface area contributed by atoms with E-state index in [1.54, 1.807) is 0 Å². The number of hydrogen-bond donors (Lipinski definition) is 0. The van der Waals surface area contributed by atoms with Gasteiger partial charge in [0.05, 0.1) is 22.3 Å². The maximum atomic E-state index is 3.42. The lowest BCUT2D eigenvalue weighted by Crippen LogP contribution is -2.21. The molecule has 128 heavy (non-hydrogen) atoms. The molecule has 0 N–H and O–H groups in total. The molecule has 9 rings (SSSR count). The second-order valence-corrected chi connectivity index (χ2v) is 28.8.